The number of halogens is 1. The Hall–Kier alpha value is -1.81. The molecule has 2 rings (SSSR count). The lowest BCUT2D eigenvalue weighted by atomic mass is 10.1. The molecule has 0 fully saturated rings. The van der Waals surface area contributed by atoms with Gasteiger partial charge in [0.05, 0.1) is 0 Å². The van der Waals surface area contributed by atoms with E-state index in [2.05, 4.69) is 21.2 Å². The van der Waals surface area contributed by atoms with E-state index in [1.807, 2.05) is 25.1 Å². The smallest absolute Gasteiger partial charge is 0.251 e. The van der Waals surface area contributed by atoms with Gasteiger partial charge in [-0.3, -0.25) is 4.79 Å². The van der Waals surface area contributed by atoms with Crippen LogP contribution in [0.5, 0.6) is 5.75 Å². The highest BCUT2D eigenvalue weighted by Crippen LogP contribution is 2.20. The first-order chi connectivity index (χ1) is 9.09. The molecule has 2 aromatic carbocycles. The van der Waals surface area contributed by atoms with E-state index in [-0.39, 0.29) is 11.7 Å². The Kier molecular flexibility index (Phi) is 4.22. The number of benzene rings is 2. The molecule has 0 aliphatic carbocycles. The third-order valence-corrected chi connectivity index (χ3v) is 3.80. The summed E-state index contributed by atoms with van der Waals surface area (Å²) < 4.78 is 0.905. The highest BCUT2D eigenvalue weighted by molar-refractivity contribution is 9.10. The number of phenolic OH excluding ortho intramolecular Hbond substituents is 1. The van der Waals surface area contributed by atoms with Gasteiger partial charge in [0.15, 0.2) is 0 Å². The molecule has 0 radical (unpaired) electrons. The van der Waals surface area contributed by atoms with Crippen molar-refractivity contribution in [2.45, 2.75) is 13.5 Å². The van der Waals surface area contributed by atoms with Crippen LogP contribution in [0, 0.1) is 6.92 Å². The molecule has 0 saturated heterocycles. The zero-order chi connectivity index (χ0) is 13.8. The Morgan fingerprint density at radius 1 is 1.21 bits per heavy atom. The molecule has 3 nitrogen and oxygen atoms in total. The molecule has 0 atom stereocenters. The van der Waals surface area contributed by atoms with Gasteiger partial charge in [-0.15, -0.1) is 0 Å². The van der Waals surface area contributed by atoms with Crippen LogP contribution < -0.4 is 5.32 Å². The largest absolute Gasteiger partial charge is 0.508 e. The monoisotopic (exact) mass is 319 g/mol. The molecule has 2 aromatic rings. The molecule has 0 heterocycles. The number of amides is 1. The first-order valence-electron chi connectivity index (χ1n) is 5.90. The summed E-state index contributed by atoms with van der Waals surface area (Å²) in [5.41, 5.74) is 2.23. The third-order valence-electron chi connectivity index (χ3n) is 2.94. The molecule has 0 aromatic heterocycles. The van der Waals surface area contributed by atoms with Crippen LogP contribution in [0.2, 0.25) is 0 Å². The van der Waals surface area contributed by atoms with E-state index in [4.69, 9.17) is 0 Å². The van der Waals surface area contributed by atoms with Crippen molar-refractivity contribution in [3.8, 4) is 5.75 Å². The number of aromatic hydroxyl groups is 1. The second kappa shape index (κ2) is 5.89. The minimum Gasteiger partial charge on any atom is -0.508 e. The third kappa shape index (κ3) is 3.15. The van der Waals surface area contributed by atoms with E-state index in [1.165, 1.54) is 0 Å². The van der Waals surface area contributed by atoms with Crippen molar-refractivity contribution in [2.24, 2.45) is 0 Å². The van der Waals surface area contributed by atoms with Gasteiger partial charge < -0.3 is 10.4 Å². The summed E-state index contributed by atoms with van der Waals surface area (Å²) in [6.07, 6.45) is 0. The topological polar surface area (TPSA) is 49.3 Å². The highest BCUT2D eigenvalue weighted by atomic mass is 79.9. The molecule has 19 heavy (non-hydrogen) atoms. The van der Waals surface area contributed by atoms with E-state index in [9.17, 15) is 9.90 Å². The van der Waals surface area contributed by atoms with Crippen LogP contribution in [0.25, 0.3) is 0 Å². The summed E-state index contributed by atoms with van der Waals surface area (Å²) in [6.45, 7) is 2.19. The zero-order valence-corrected chi connectivity index (χ0v) is 12.1. The van der Waals surface area contributed by atoms with Crippen molar-refractivity contribution in [1.29, 1.82) is 0 Å². The van der Waals surface area contributed by atoms with Crippen LogP contribution in [-0.2, 0) is 6.54 Å². The molecule has 0 spiro atoms. The molecule has 0 saturated carbocycles. The minimum absolute atomic E-state index is 0.151. The first kappa shape index (κ1) is 13.6. The predicted molar refractivity (Wildman–Crippen MR) is 78.2 cm³/mol. The molecule has 0 aliphatic heterocycles. The SMILES string of the molecule is Cc1c(Br)cccc1C(=O)NCc1ccccc1O. The van der Waals surface area contributed by atoms with Crippen LogP contribution in [0.15, 0.2) is 46.9 Å². The van der Waals surface area contributed by atoms with Crippen molar-refractivity contribution in [3.63, 3.8) is 0 Å². The molecule has 2 N–H and O–H groups in total. The fourth-order valence-corrected chi connectivity index (χ4v) is 2.15. The maximum Gasteiger partial charge on any atom is 0.251 e. The predicted octanol–water partition coefficient (Wildman–Crippen LogP) is 3.39. The Morgan fingerprint density at radius 3 is 2.68 bits per heavy atom. The lowest BCUT2D eigenvalue weighted by molar-refractivity contribution is 0.0950. The Bertz CT molecular complexity index is 611. The van der Waals surface area contributed by atoms with Gasteiger partial charge >= 0.3 is 0 Å². The molecular formula is C15H14BrNO2. The molecular weight excluding hydrogens is 306 g/mol. The van der Waals surface area contributed by atoms with Crippen LogP contribution >= 0.6 is 15.9 Å². The summed E-state index contributed by atoms with van der Waals surface area (Å²) in [5, 5.41) is 12.4. The normalized spacial score (nSPS) is 10.2. The molecule has 0 aliphatic rings. The quantitative estimate of drug-likeness (QED) is 0.911. The van der Waals surface area contributed by atoms with Crippen LogP contribution in [0.3, 0.4) is 0 Å². The fourth-order valence-electron chi connectivity index (χ4n) is 1.78. The summed E-state index contributed by atoms with van der Waals surface area (Å²) >= 11 is 3.40. The molecule has 98 valence electrons. The average Bonchev–Trinajstić information content (AvgIpc) is 2.40. The minimum atomic E-state index is -0.151. The number of phenols is 1. The number of hydrogen-bond donors (Lipinski definition) is 2. The van der Waals surface area contributed by atoms with Crippen molar-refractivity contribution >= 4 is 21.8 Å². The van der Waals surface area contributed by atoms with Crippen molar-refractivity contribution in [1.82, 2.24) is 5.32 Å². The van der Waals surface area contributed by atoms with Gasteiger partial charge in [-0.2, -0.15) is 0 Å². The van der Waals surface area contributed by atoms with Gasteiger partial charge in [0, 0.05) is 22.1 Å². The Labute approximate surface area is 120 Å². The van der Waals surface area contributed by atoms with Gasteiger partial charge in [0.25, 0.3) is 5.91 Å². The van der Waals surface area contributed by atoms with Crippen LogP contribution in [0.1, 0.15) is 21.5 Å². The standard InChI is InChI=1S/C15H14BrNO2/c1-10-12(6-4-7-13(10)16)15(19)17-9-11-5-2-3-8-14(11)18/h2-8,18H,9H2,1H3,(H,17,19). The number of hydrogen-bond acceptors (Lipinski definition) is 2. The van der Waals surface area contributed by atoms with E-state index >= 15 is 0 Å². The maximum atomic E-state index is 12.1. The average molecular weight is 320 g/mol. The van der Waals surface area contributed by atoms with E-state index in [0.29, 0.717) is 17.7 Å². The van der Waals surface area contributed by atoms with Crippen molar-refractivity contribution < 1.29 is 9.90 Å². The van der Waals surface area contributed by atoms with Crippen LogP contribution in [0.4, 0.5) is 0 Å². The van der Waals surface area contributed by atoms with Gasteiger partial charge in [-0.25, -0.2) is 0 Å². The Balaban J connectivity index is 2.10. The highest BCUT2D eigenvalue weighted by Gasteiger charge is 2.10. The summed E-state index contributed by atoms with van der Waals surface area (Å²) in [7, 11) is 0. The number of para-hydroxylation sites is 1. The molecule has 1 amide bonds. The van der Waals surface area contributed by atoms with E-state index < -0.39 is 0 Å². The number of carbonyl (C=O) groups excluding carboxylic acids is 1. The summed E-state index contributed by atoms with van der Waals surface area (Å²) in [5.74, 6) is 0.0378. The molecule has 4 heteroatoms. The van der Waals surface area contributed by atoms with Crippen LogP contribution in [-0.4, -0.2) is 11.0 Å². The van der Waals surface area contributed by atoms with Gasteiger partial charge in [-0.05, 0) is 30.7 Å². The van der Waals surface area contributed by atoms with Gasteiger partial charge in [0.1, 0.15) is 5.75 Å². The zero-order valence-electron chi connectivity index (χ0n) is 10.5. The van der Waals surface area contributed by atoms with E-state index in [0.717, 1.165) is 10.0 Å². The number of carbonyl (C=O) groups is 1. The van der Waals surface area contributed by atoms with Crippen molar-refractivity contribution in [2.75, 3.05) is 0 Å². The fraction of sp³-hybridized carbons (Fsp3) is 0.133. The lowest BCUT2D eigenvalue weighted by Gasteiger charge is -2.09. The first-order valence-corrected chi connectivity index (χ1v) is 6.69. The molecule has 0 bridgehead atoms. The number of rotatable bonds is 3. The lowest BCUT2D eigenvalue weighted by Crippen LogP contribution is -2.23. The van der Waals surface area contributed by atoms with Gasteiger partial charge in [-0.1, -0.05) is 40.2 Å². The number of nitrogens with one attached hydrogen (secondary N) is 1. The summed E-state index contributed by atoms with van der Waals surface area (Å²) in [6, 6.07) is 12.5. The second-order valence-corrected chi connectivity index (χ2v) is 5.08. The Morgan fingerprint density at radius 2 is 1.95 bits per heavy atom. The molecule has 0 unspecified atom stereocenters. The second-order valence-electron chi connectivity index (χ2n) is 4.22. The van der Waals surface area contributed by atoms with Gasteiger partial charge in [0.2, 0.25) is 0 Å². The van der Waals surface area contributed by atoms with E-state index in [1.54, 1.807) is 24.3 Å². The summed E-state index contributed by atoms with van der Waals surface area (Å²) in [4.78, 5) is 12.1. The van der Waals surface area contributed by atoms with Crippen molar-refractivity contribution in [3.05, 3.63) is 63.6 Å². The maximum absolute atomic E-state index is 12.1.